The molecule has 2 rings (SSSR count). The molecule has 0 radical (unpaired) electrons. The second kappa shape index (κ2) is 8.72. The number of benzene rings is 2. The van der Waals surface area contributed by atoms with Crippen LogP contribution in [0.25, 0.3) is 0 Å². The molecule has 4 nitrogen and oxygen atoms in total. The molecule has 0 aliphatic carbocycles. The van der Waals surface area contributed by atoms with Crippen molar-refractivity contribution < 1.29 is 18.7 Å². The molecule has 0 heterocycles. The van der Waals surface area contributed by atoms with Crippen molar-refractivity contribution >= 4 is 17.5 Å². The molecule has 25 heavy (non-hydrogen) atoms. The van der Waals surface area contributed by atoms with E-state index in [1.807, 2.05) is 13.8 Å². The summed E-state index contributed by atoms with van der Waals surface area (Å²) in [4.78, 5) is 12.3. The molecule has 0 spiro atoms. The molecule has 0 aliphatic rings. The van der Waals surface area contributed by atoms with Crippen LogP contribution in [0.4, 0.5) is 4.39 Å². The van der Waals surface area contributed by atoms with Crippen LogP contribution in [0.1, 0.15) is 29.8 Å². The first-order chi connectivity index (χ1) is 11.9. The van der Waals surface area contributed by atoms with Crippen molar-refractivity contribution in [3.63, 3.8) is 0 Å². The summed E-state index contributed by atoms with van der Waals surface area (Å²) in [6.45, 7) is 4.60. The van der Waals surface area contributed by atoms with Gasteiger partial charge in [0.1, 0.15) is 5.82 Å². The van der Waals surface area contributed by atoms with Gasteiger partial charge in [-0.25, -0.2) is 4.39 Å². The smallest absolute Gasteiger partial charge is 0.251 e. The fourth-order valence-corrected chi connectivity index (χ4v) is 2.43. The van der Waals surface area contributed by atoms with E-state index in [1.54, 1.807) is 24.3 Å². The van der Waals surface area contributed by atoms with Crippen molar-refractivity contribution in [3.8, 4) is 11.5 Å². The van der Waals surface area contributed by atoms with Crippen LogP contribution >= 0.6 is 11.6 Å². The Kier molecular flexibility index (Phi) is 6.65. The number of hydrogen-bond acceptors (Lipinski definition) is 3. The lowest BCUT2D eigenvalue weighted by atomic mass is 10.1. The van der Waals surface area contributed by atoms with Gasteiger partial charge in [0.2, 0.25) is 0 Å². The number of ether oxygens (including phenoxy) is 2. The number of rotatable bonds is 7. The van der Waals surface area contributed by atoms with E-state index in [0.717, 1.165) is 0 Å². The molecule has 1 amide bonds. The zero-order chi connectivity index (χ0) is 18.4. The van der Waals surface area contributed by atoms with Gasteiger partial charge in [0.05, 0.1) is 18.7 Å². The largest absolute Gasteiger partial charge is 0.493 e. The Hall–Kier alpha value is -2.27. The summed E-state index contributed by atoms with van der Waals surface area (Å²) in [7, 11) is 1.48. The number of methoxy groups -OCH3 is 1. The van der Waals surface area contributed by atoms with Crippen LogP contribution in [0.2, 0.25) is 5.02 Å². The Morgan fingerprint density at radius 1 is 1.28 bits per heavy atom. The molecular formula is C19H21ClFNO3. The van der Waals surface area contributed by atoms with Crippen molar-refractivity contribution in [2.45, 2.75) is 20.4 Å². The van der Waals surface area contributed by atoms with Crippen LogP contribution in [0.3, 0.4) is 0 Å². The summed E-state index contributed by atoms with van der Waals surface area (Å²) in [6.07, 6.45) is 0. The third-order valence-electron chi connectivity index (χ3n) is 3.45. The van der Waals surface area contributed by atoms with E-state index in [4.69, 9.17) is 21.1 Å². The number of halogens is 2. The Balaban J connectivity index is 2.14. The van der Waals surface area contributed by atoms with Crippen molar-refractivity contribution in [2.24, 2.45) is 5.92 Å². The number of hydrogen-bond donors (Lipinski definition) is 1. The van der Waals surface area contributed by atoms with Gasteiger partial charge < -0.3 is 14.8 Å². The highest BCUT2D eigenvalue weighted by molar-refractivity contribution is 6.32. The molecule has 2 aromatic carbocycles. The number of carbonyl (C=O) groups is 1. The summed E-state index contributed by atoms with van der Waals surface area (Å²) in [5.74, 6) is 0.368. The first-order valence-corrected chi connectivity index (χ1v) is 8.32. The van der Waals surface area contributed by atoms with E-state index in [9.17, 15) is 9.18 Å². The van der Waals surface area contributed by atoms with E-state index in [-0.39, 0.29) is 23.3 Å². The minimum Gasteiger partial charge on any atom is -0.493 e. The average molecular weight is 366 g/mol. The predicted octanol–water partition coefficient (Wildman–Crippen LogP) is 4.45. The van der Waals surface area contributed by atoms with Gasteiger partial charge in [-0.1, -0.05) is 43.6 Å². The minimum atomic E-state index is -0.376. The van der Waals surface area contributed by atoms with E-state index in [2.05, 4.69) is 5.32 Å². The van der Waals surface area contributed by atoms with Crippen LogP contribution in [0.5, 0.6) is 11.5 Å². The summed E-state index contributed by atoms with van der Waals surface area (Å²) in [6, 6.07) is 9.34. The van der Waals surface area contributed by atoms with Gasteiger partial charge in [0.25, 0.3) is 5.91 Å². The van der Waals surface area contributed by atoms with Crippen LogP contribution in [0, 0.1) is 11.7 Å². The fourth-order valence-electron chi connectivity index (χ4n) is 2.16. The van der Waals surface area contributed by atoms with E-state index < -0.39 is 0 Å². The summed E-state index contributed by atoms with van der Waals surface area (Å²) >= 11 is 6.24. The van der Waals surface area contributed by atoms with Gasteiger partial charge in [-0.15, -0.1) is 0 Å². The third kappa shape index (κ3) is 5.10. The summed E-state index contributed by atoms with van der Waals surface area (Å²) in [5, 5.41) is 2.96. The highest BCUT2D eigenvalue weighted by Gasteiger charge is 2.16. The number of carbonyl (C=O) groups excluding carboxylic acids is 1. The van der Waals surface area contributed by atoms with Crippen molar-refractivity contribution in [1.82, 2.24) is 5.32 Å². The molecule has 1 N–H and O–H groups in total. The first-order valence-electron chi connectivity index (χ1n) is 7.94. The molecule has 0 aromatic heterocycles. The zero-order valence-electron chi connectivity index (χ0n) is 14.4. The Morgan fingerprint density at radius 2 is 2.00 bits per heavy atom. The maximum Gasteiger partial charge on any atom is 0.251 e. The monoisotopic (exact) mass is 365 g/mol. The molecule has 2 aromatic rings. The van der Waals surface area contributed by atoms with E-state index in [0.29, 0.717) is 35.2 Å². The zero-order valence-corrected chi connectivity index (χ0v) is 15.2. The van der Waals surface area contributed by atoms with Gasteiger partial charge in [-0.05, 0) is 24.1 Å². The molecule has 0 unspecified atom stereocenters. The topological polar surface area (TPSA) is 47.6 Å². The fraction of sp³-hybridized carbons (Fsp3) is 0.316. The Labute approximate surface area is 151 Å². The lowest BCUT2D eigenvalue weighted by Crippen LogP contribution is -2.23. The molecule has 0 saturated heterocycles. The molecule has 0 fully saturated rings. The molecule has 0 bridgehead atoms. The van der Waals surface area contributed by atoms with E-state index in [1.165, 1.54) is 19.2 Å². The molecule has 0 aliphatic heterocycles. The van der Waals surface area contributed by atoms with Crippen LogP contribution in [0.15, 0.2) is 36.4 Å². The maximum atomic E-state index is 13.6. The van der Waals surface area contributed by atoms with Crippen molar-refractivity contribution in [2.75, 3.05) is 13.7 Å². The molecule has 6 heteroatoms. The van der Waals surface area contributed by atoms with Crippen LogP contribution < -0.4 is 14.8 Å². The second-order valence-electron chi connectivity index (χ2n) is 5.97. The quantitative estimate of drug-likeness (QED) is 0.788. The van der Waals surface area contributed by atoms with Gasteiger partial charge in [0, 0.05) is 17.7 Å². The normalized spacial score (nSPS) is 10.6. The molecule has 0 saturated carbocycles. The maximum absolute atomic E-state index is 13.6. The van der Waals surface area contributed by atoms with Crippen LogP contribution in [-0.4, -0.2) is 19.6 Å². The lowest BCUT2D eigenvalue weighted by Gasteiger charge is -2.15. The molecular weight excluding hydrogens is 345 g/mol. The van der Waals surface area contributed by atoms with Gasteiger partial charge >= 0.3 is 0 Å². The average Bonchev–Trinajstić information content (AvgIpc) is 2.58. The van der Waals surface area contributed by atoms with E-state index >= 15 is 0 Å². The highest BCUT2D eigenvalue weighted by Crippen LogP contribution is 2.36. The van der Waals surface area contributed by atoms with Gasteiger partial charge in [0.15, 0.2) is 11.5 Å². The number of nitrogens with one attached hydrogen (secondary N) is 1. The predicted molar refractivity (Wildman–Crippen MR) is 95.9 cm³/mol. The van der Waals surface area contributed by atoms with Crippen molar-refractivity contribution in [3.05, 3.63) is 58.4 Å². The van der Waals surface area contributed by atoms with Gasteiger partial charge in [-0.2, -0.15) is 0 Å². The first kappa shape index (κ1) is 19.1. The van der Waals surface area contributed by atoms with Crippen LogP contribution in [-0.2, 0) is 6.54 Å². The molecule has 134 valence electrons. The van der Waals surface area contributed by atoms with Crippen molar-refractivity contribution in [1.29, 1.82) is 0 Å². The minimum absolute atomic E-state index is 0.0804. The second-order valence-corrected chi connectivity index (χ2v) is 6.38. The third-order valence-corrected chi connectivity index (χ3v) is 3.73. The standard InChI is InChI=1S/C19H21ClFNO3/c1-12(2)11-25-18-15(20)8-14(9-17(18)24-3)19(23)22-10-13-6-4-5-7-16(13)21/h4-9,12H,10-11H2,1-3H3,(H,22,23). The summed E-state index contributed by atoms with van der Waals surface area (Å²) < 4.78 is 24.6. The molecule has 0 atom stereocenters. The lowest BCUT2D eigenvalue weighted by molar-refractivity contribution is 0.0950. The van der Waals surface area contributed by atoms with Gasteiger partial charge in [-0.3, -0.25) is 4.79 Å². The SMILES string of the molecule is COc1cc(C(=O)NCc2ccccc2F)cc(Cl)c1OCC(C)C. The number of amides is 1. The summed E-state index contributed by atoms with van der Waals surface area (Å²) in [5.41, 5.74) is 0.723. The highest BCUT2D eigenvalue weighted by atomic mass is 35.5. The Morgan fingerprint density at radius 3 is 2.64 bits per heavy atom. The Bertz CT molecular complexity index is 749.